The standard InChI is InChI=1S/C27H26N4O5S/c1-15-10-20(11-16(2)24(15)28)36-19-8-9-21-22(12-19)31(3)23(29-21)14-35-18-6-4-17(5-7-18)13-27(34)25(32)30-26(33)37-27/h4-12,34H,13-14,28H2,1-3H3,(H,30,32,33). The second kappa shape index (κ2) is 9.45. The van der Waals surface area contributed by atoms with E-state index in [0.717, 1.165) is 39.4 Å². The highest BCUT2D eigenvalue weighted by Crippen LogP contribution is 2.33. The molecule has 1 saturated heterocycles. The van der Waals surface area contributed by atoms with Gasteiger partial charge < -0.3 is 24.9 Å². The number of fused-ring (bicyclic) bond motifs is 1. The van der Waals surface area contributed by atoms with Crippen LogP contribution >= 0.6 is 11.8 Å². The van der Waals surface area contributed by atoms with Gasteiger partial charge in [0.15, 0.2) is 0 Å². The number of hydrogen-bond acceptors (Lipinski definition) is 8. The zero-order valence-corrected chi connectivity index (χ0v) is 21.4. The predicted octanol–water partition coefficient (Wildman–Crippen LogP) is 4.36. The Labute approximate surface area is 217 Å². The normalized spacial score (nSPS) is 17.3. The molecule has 10 heteroatoms. The number of nitrogen functional groups attached to an aromatic ring is 1. The number of aryl methyl sites for hydroxylation is 3. The second-order valence-electron chi connectivity index (χ2n) is 9.05. The van der Waals surface area contributed by atoms with Crippen LogP contribution in [0.5, 0.6) is 17.2 Å². The topological polar surface area (TPSA) is 129 Å². The fourth-order valence-corrected chi connectivity index (χ4v) is 5.04. The summed E-state index contributed by atoms with van der Waals surface area (Å²) in [6.07, 6.45) is 0.0141. The molecule has 1 aromatic heterocycles. The average molecular weight is 519 g/mol. The van der Waals surface area contributed by atoms with E-state index in [0.29, 0.717) is 28.8 Å². The molecule has 0 radical (unpaired) electrons. The third-order valence-electron chi connectivity index (χ3n) is 6.31. The van der Waals surface area contributed by atoms with Gasteiger partial charge in [-0.3, -0.25) is 14.9 Å². The average Bonchev–Trinajstić information content (AvgIpc) is 3.30. The lowest BCUT2D eigenvalue weighted by molar-refractivity contribution is -0.129. The number of aliphatic hydroxyl groups is 1. The van der Waals surface area contributed by atoms with E-state index in [1.165, 1.54) is 0 Å². The monoisotopic (exact) mass is 518 g/mol. The Morgan fingerprint density at radius 2 is 1.70 bits per heavy atom. The van der Waals surface area contributed by atoms with Gasteiger partial charge in [0.1, 0.15) is 29.7 Å². The molecule has 37 heavy (non-hydrogen) atoms. The van der Waals surface area contributed by atoms with Gasteiger partial charge in [0.2, 0.25) is 4.93 Å². The fourth-order valence-electron chi connectivity index (χ4n) is 4.20. The second-order valence-corrected chi connectivity index (χ2v) is 10.3. The van der Waals surface area contributed by atoms with Crippen LogP contribution in [0.1, 0.15) is 22.5 Å². The number of carbonyl (C=O) groups is 2. The van der Waals surface area contributed by atoms with E-state index in [1.807, 2.05) is 55.8 Å². The van der Waals surface area contributed by atoms with Gasteiger partial charge in [0.25, 0.3) is 11.1 Å². The van der Waals surface area contributed by atoms with E-state index >= 15 is 0 Å². The van der Waals surface area contributed by atoms with E-state index < -0.39 is 16.1 Å². The number of carbonyl (C=O) groups excluding carboxylic acids is 2. The summed E-state index contributed by atoms with van der Waals surface area (Å²) < 4.78 is 14.0. The fraction of sp³-hybridized carbons (Fsp3) is 0.222. The Morgan fingerprint density at radius 1 is 1.03 bits per heavy atom. The summed E-state index contributed by atoms with van der Waals surface area (Å²) in [7, 11) is 1.92. The number of nitrogens with one attached hydrogen (secondary N) is 1. The highest BCUT2D eigenvalue weighted by Gasteiger charge is 2.46. The quantitative estimate of drug-likeness (QED) is 0.308. The molecule has 1 unspecified atom stereocenters. The molecule has 190 valence electrons. The summed E-state index contributed by atoms with van der Waals surface area (Å²) in [5.74, 6) is 2.07. The van der Waals surface area contributed by atoms with E-state index in [-0.39, 0.29) is 13.0 Å². The highest BCUT2D eigenvalue weighted by molar-refractivity contribution is 8.15. The predicted molar refractivity (Wildman–Crippen MR) is 142 cm³/mol. The Kier molecular flexibility index (Phi) is 6.30. The third-order valence-corrected chi connectivity index (χ3v) is 7.27. The Bertz CT molecular complexity index is 1510. The number of aromatic nitrogens is 2. The van der Waals surface area contributed by atoms with Crippen molar-refractivity contribution in [1.82, 2.24) is 14.9 Å². The van der Waals surface area contributed by atoms with Crippen molar-refractivity contribution in [2.45, 2.75) is 31.8 Å². The molecule has 1 atom stereocenters. The summed E-state index contributed by atoms with van der Waals surface area (Å²) >= 11 is 0.589. The van der Waals surface area contributed by atoms with E-state index in [1.54, 1.807) is 24.3 Å². The number of imidazole rings is 1. The first-order valence-electron chi connectivity index (χ1n) is 11.6. The van der Waals surface area contributed by atoms with Crippen molar-refractivity contribution in [2.24, 2.45) is 7.05 Å². The minimum atomic E-state index is -1.79. The lowest BCUT2D eigenvalue weighted by Crippen LogP contribution is -2.38. The maximum atomic E-state index is 11.8. The molecule has 0 bridgehead atoms. The number of nitrogens with two attached hydrogens (primary N) is 1. The van der Waals surface area contributed by atoms with Gasteiger partial charge in [0.05, 0.1) is 11.0 Å². The Balaban J connectivity index is 1.26. The molecule has 4 aromatic rings. The summed E-state index contributed by atoms with van der Waals surface area (Å²) in [5.41, 5.74) is 11.2. The molecule has 0 aliphatic carbocycles. The van der Waals surface area contributed by atoms with Crippen LogP contribution in [-0.4, -0.2) is 30.7 Å². The summed E-state index contributed by atoms with van der Waals surface area (Å²) in [6, 6.07) is 16.6. The van der Waals surface area contributed by atoms with Gasteiger partial charge in [0, 0.05) is 25.2 Å². The third kappa shape index (κ3) is 4.98. The van der Waals surface area contributed by atoms with Crippen molar-refractivity contribution in [3.8, 4) is 17.2 Å². The highest BCUT2D eigenvalue weighted by atomic mass is 32.2. The minimum Gasteiger partial charge on any atom is -0.486 e. The summed E-state index contributed by atoms with van der Waals surface area (Å²) in [4.78, 5) is 26.1. The van der Waals surface area contributed by atoms with Crippen molar-refractivity contribution >= 4 is 39.6 Å². The molecule has 5 rings (SSSR count). The van der Waals surface area contributed by atoms with Gasteiger partial charge >= 0.3 is 0 Å². The van der Waals surface area contributed by atoms with Crippen molar-refractivity contribution in [2.75, 3.05) is 5.73 Å². The van der Waals surface area contributed by atoms with Crippen LogP contribution in [0.15, 0.2) is 54.6 Å². The molecule has 1 fully saturated rings. The Hall–Kier alpha value is -4.02. The maximum absolute atomic E-state index is 11.8. The van der Waals surface area contributed by atoms with E-state index in [4.69, 9.17) is 15.2 Å². The van der Waals surface area contributed by atoms with Gasteiger partial charge in [-0.25, -0.2) is 4.98 Å². The number of benzene rings is 3. The SMILES string of the molecule is Cc1cc(Oc2ccc3nc(COc4ccc(CC5(O)SC(=O)NC5=O)cc4)n(C)c3c2)cc(C)c1N. The van der Waals surface area contributed by atoms with Crippen molar-refractivity contribution in [1.29, 1.82) is 0 Å². The van der Waals surface area contributed by atoms with Crippen molar-refractivity contribution in [3.05, 3.63) is 77.1 Å². The maximum Gasteiger partial charge on any atom is 0.289 e. The first-order chi connectivity index (χ1) is 17.6. The molecule has 0 spiro atoms. The van der Waals surface area contributed by atoms with Crippen LogP contribution < -0.4 is 20.5 Å². The molecule has 1 aliphatic heterocycles. The first kappa shape index (κ1) is 24.7. The van der Waals surface area contributed by atoms with Crippen LogP contribution in [-0.2, 0) is 24.9 Å². The van der Waals surface area contributed by atoms with Crippen LogP contribution in [0.3, 0.4) is 0 Å². The molecule has 9 nitrogen and oxygen atoms in total. The number of ether oxygens (including phenoxy) is 2. The number of imide groups is 1. The smallest absolute Gasteiger partial charge is 0.289 e. The van der Waals surface area contributed by atoms with Crippen LogP contribution in [0.25, 0.3) is 11.0 Å². The summed E-state index contributed by atoms with van der Waals surface area (Å²) in [5, 5.41) is 12.0. The number of nitrogens with zero attached hydrogens (tertiary/aromatic N) is 2. The zero-order valence-electron chi connectivity index (χ0n) is 20.6. The number of hydrogen-bond donors (Lipinski definition) is 3. The largest absolute Gasteiger partial charge is 0.486 e. The van der Waals surface area contributed by atoms with Crippen molar-refractivity contribution < 1.29 is 24.2 Å². The number of rotatable bonds is 7. The van der Waals surface area contributed by atoms with E-state index in [2.05, 4.69) is 10.3 Å². The van der Waals surface area contributed by atoms with Gasteiger partial charge in [-0.05, 0) is 78.7 Å². The van der Waals surface area contributed by atoms with E-state index in [9.17, 15) is 14.7 Å². The molecule has 3 aromatic carbocycles. The van der Waals surface area contributed by atoms with Gasteiger partial charge in [-0.1, -0.05) is 12.1 Å². The number of thioether (sulfide) groups is 1. The lowest BCUT2D eigenvalue weighted by atomic mass is 10.1. The number of amides is 2. The van der Waals surface area contributed by atoms with Gasteiger partial charge in [-0.2, -0.15) is 0 Å². The van der Waals surface area contributed by atoms with Crippen LogP contribution in [0, 0.1) is 13.8 Å². The molecule has 0 saturated carbocycles. The van der Waals surface area contributed by atoms with Crippen LogP contribution in [0.4, 0.5) is 10.5 Å². The zero-order chi connectivity index (χ0) is 26.3. The first-order valence-corrected chi connectivity index (χ1v) is 12.4. The minimum absolute atomic E-state index is 0.0141. The molecule has 4 N–H and O–H groups in total. The molecule has 2 amide bonds. The van der Waals surface area contributed by atoms with Gasteiger partial charge in [-0.15, -0.1) is 0 Å². The molecule has 2 heterocycles. The van der Waals surface area contributed by atoms with Crippen LogP contribution in [0.2, 0.25) is 0 Å². The summed E-state index contributed by atoms with van der Waals surface area (Å²) in [6.45, 7) is 4.16. The molecule has 1 aliphatic rings. The molecular formula is C27H26N4O5S. The number of anilines is 1. The van der Waals surface area contributed by atoms with Crippen molar-refractivity contribution in [3.63, 3.8) is 0 Å². The molecular weight excluding hydrogens is 492 g/mol. The lowest BCUT2D eigenvalue weighted by Gasteiger charge is -2.17. The Morgan fingerprint density at radius 3 is 2.35 bits per heavy atom.